The van der Waals surface area contributed by atoms with Gasteiger partial charge in [-0.3, -0.25) is 15.0 Å². The molecule has 1 aromatic rings. The van der Waals surface area contributed by atoms with Gasteiger partial charge in [-0.05, 0) is 23.8 Å². The molecule has 4 nitrogen and oxygen atoms in total. The first-order valence-corrected chi connectivity index (χ1v) is 5.43. The number of hydrogen-bond donors (Lipinski definition) is 1. The number of carbonyl (C=O) groups is 2. The van der Waals surface area contributed by atoms with Crippen LogP contribution in [-0.2, 0) is 4.79 Å². The van der Waals surface area contributed by atoms with E-state index in [9.17, 15) is 9.59 Å². The Balaban J connectivity index is 2.38. The molecule has 1 N–H and O–H groups in total. The number of urea groups is 1. The molecule has 0 aliphatic carbocycles. The summed E-state index contributed by atoms with van der Waals surface area (Å²) in [6.45, 7) is 0. The lowest BCUT2D eigenvalue weighted by Gasteiger charge is -2.06. The summed E-state index contributed by atoms with van der Waals surface area (Å²) in [7, 11) is 1.56. The van der Waals surface area contributed by atoms with Crippen LogP contribution in [0.4, 0.5) is 4.79 Å². The Kier molecular flexibility index (Phi) is 2.78. The molecule has 0 radical (unpaired) electrons. The third-order valence-corrected chi connectivity index (χ3v) is 2.76. The molecule has 1 saturated heterocycles. The van der Waals surface area contributed by atoms with Gasteiger partial charge in [-0.25, -0.2) is 4.79 Å². The number of hydrogen-bond acceptors (Lipinski definition) is 2. The first-order chi connectivity index (χ1) is 7.58. The number of rotatable bonds is 1. The molecule has 0 saturated carbocycles. The summed E-state index contributed by atoms with van der Waals surface area (Å²) in [5.41, 5.74) is 1.21. The normalized spacial score (nSPS) is 18.1. The summed E-state index contributed by atoms with van der Waals surface area (Å²) in [6.07, 6.45) is 1.67. The van der Waals surface area contributed by atoms with Crippen LogP contribution in [0.1, 0.15) is 5.56 Å². The Hall–Kier alpha value is -1.62. The zero-order valence-electron chi connectivity index (χ0n) is 8.53. The molecule has 5 heteroatoms. The van der Waals surface area contributed by atoms with Gasteiger partial charge in [0.25, 0.3) is 5.91 Å². The van der Waals surface area contributed by atoms with E-state index in [1.807, 2.05) is 24.3 Å². The molecule has 3 amide bonds. The fraction of sp³-hybridized carbons (Fsp3) is 0.0909. The van der Waals surface area contributed by atoms with Crippen molar-refractivity contribution >= 4 is 33.9 Å². The molecule has 16 heavy (non-hydrogen) atoms. The lowest BCUT2D eigenvalue weighted by molar-refractivity contribution is -0.115. The largest absolute Gasteiger partial charge is 0.328 e. The van der Waals surface area contributed by atoms with E-state index in [0.717, 1.165) is 10.0 Å². The minimum absolute atomic E-state index is 0.350. The molecule has 2 rings (SSSR count). The van der Waals surface area contributed by atoms with E-state index in [4.69, 9.17) is 0 Å². The molecule has 0 bridgehead atoms. The number of halogens is 1. The maximum absolute atomic E-state index is 11.4. The lowest BCUT2D eigenvalue weighted by atomic mass is 10.2. The molecule has 0 atom stereocenters. The average Bonchev–Trinajstić information content (AvgIpc) is 2.45. The highest BCUT2D eigenvalue weighted by Gasteiger charge is 2.29. The van der Waals surface area contributed by atoms with Gasteiger partial charge < -0.3 is 0 Å². The van der Waals surface area contributed by atoms with Crippen LogP contribution in [-0.4, -0.2) is 23.9 Å². The van der Waals surface area contributed by atoms with Gasteiger partial charge in [-0.1, -0.05) is 28.1 Å². The van der Waals surface area contributed by atoms with Gasteiger partial charge >= 0.3 is 6.03 Å². The Morgan fingerprint density at radius 3 is 2.69 bits per heavy atom. The van der Waals surface area contributed by atoms with E-state index >= 15 is 0 Å². The van der Waals surface area contributed by atoms with Crippen LogP contribution in [0, 0.1) is 0 Å². The second kappa shape index (κ2) is 4.09. The number of imide groups is 1. The van der Waals surface area contributed by atoms with Crippen LogP contribution in [0.2, 0.25) is 0 Å². The molecule has 1 aliphatic rings. The lowest BCUT2D eigenvalue weighted by Crippen LogP contribution is -2.24. The fourth-order valence-corrected chi connectivity index (χ4v) is 1.84. The van der Waals surface area contributed by atoms with E-state index in [-0.39, 0.29) is 5.91 Å². The quantitative estimate of drug-likeness (QED) is 0.632. The van der Waals surface area contributed by atoms with Gasteiger partial charge in [0.15, 0.2) is 0 Å². The van der Waals surface area contributed by atoms with E-state index in [1.54, 1.807) is 13.1 Å². The van der Waals surface area contributed by atoms with Crippen molar-refractivity contribution < 1.29 is 9.59 Å². The molecule has 82 valence electrons. The first-order valence-electron chi connectivity index (χ1n) is 4.64. The van der Waals surface area contributed by atoms with Crippen molar-refractivity contribution in [3.63, 3.8) is 0 Å². The zero-order valence-corrected chi connectivity index (χ0v) is 10.1. The van der Waals surface area contributed by atoms with Gasteiger partial charge in [-0.2, -0.15) is 0 Å². The number of nitrogens with one attached hydrogen (secondary N) is 1. The van der Waals surface area contributed by atoms with Crippen molar-refractivity contribution in [3.8, 4) is 0 Å². The van der Waals surface area contributed by atoms with Gasteiger partial charge in [0.05, 0.1) is 0 Å². The molecule has 0 unspecified atom stereocenters. The van der Waals surface area contributed by atoms with Crippen LogP contribution >= 0.6 is 15.9 Å². The summed E-state index contributed by atoms with van der Waals surface area (Å²) >= 11 is 3.34. The summed E-state index contributed by atoms with van der Waals surface area (Å²) in [5, 5.41) is 2.22. The Morgan fingerprint density at radius 1 is 1.38 bits per heavy atom. The van der Waals surface area contributed by atoms with E-state index < -0.39 is 6.03 Å². The maximum Gasteiger partial charge on any atom is 0.328 e. The van der Waals surface area contributed by atoms with Crippen LogP contribution in [0.5, 0.6) is 0 Å². The van der Waals surface area contributed by atoms with Crippen LogP contribution in [0.25, 0.3) is 6.08 Å². The van der Waals surface area contributed by atoms with Gasteiger partial charge in [0.1, 0.15) is 5.70 Å². The standard InChI is InChI=1S/C11H9BrN2O2/c1-14-9(10(15)13-11(14)16)6-7-3-2-4-8(12)5-7/h2-6H,1H3,(H,13,15,16). The van der Waals surface area contributed by atoms with Crippen molar-refractivity contribution in [3.05, 3.63) is 40.0 Å². The van der Waals surface area contributed by atoms with E-state index in [0.29, 0.717) is 5.70 Å². The van der Waals surface area contributed by atoms with Gasteiger partial charge in [-0.15, -0.1) is 0 Å². The minimum Gasteiger partial charge on any atom is -0.292 e. The molecule has 1 aromatic carbocycles. The second-order valence-corrected chi connectivity index (χ2v) is 4.32. The number of carbonyl (C=O) groups excluding carboxylic acids is 2. The third-order valence-electron chi connectivity index (χ3n) is 2.27. The van der Waals surface area contributed by atoms with E-state index in [2.05, 4.69) is 21.2 Å². The van der Waals surface area contributed by atoms with Crippen LogP contribution in [0.3, 0.4) is 0 Å². The van der Waals surface area contributed by atoms with Gasteiger partial charge in [0.2, 0.25) is 0 Å². The Labute approximate surface area is 101 Å². The highest BCUT2D eigenvalue weighted by atomic mass is 79.9. The number of amides is 3. The second-order valence-electron chi connectivity index (χ2n) is 3.40. The van der Waals surface area contributed by atoms with Crippen molar-refractivity contribution in [1.29, 1.82) is 0 Å². The van der Waals surface area contributed by atoms with Gasteiger partial charge in [0, 0.05) is 11.5 Å². The molecule has 1 heterocycles. The highest BCUT2D eigenvalue weighted by molar-refractivity contribution is 9.10. The SMILES string of the molecule is CN1C(=O)NC(=O)C1=Cc1cccc(Br)c1. The number of nitrogens with zero attached hydrogens (tertiary/aromatic N) is 1. The number of benzene rings is 1. The minimum atomic E-state index is -0.397. The predicted octanol–water partition coefficient (Wildman–Crippen LogP) is 1.97. The van der Waals surface area contributed by atoms with Crippen LogP contribution < -0.4 is 5.32 Å². The van der Waals surface area contributed by atoms with E-state index in [1.165, 1.54) is 4.90 Å². The summed E-state index contributed by atoms with van der Waals surface area (Å²) in [6, 6.07) is 7.10. The fourth-order valence-electron chi connectivity index (χ4n) is 1.42. The first kappa shape index (κ1) is 10.9. The predicted molar refractivity (Wildman–Crippen MR) is 63.4 cm³/mol. The molecule has 1 fully saturated rings. The van der Waals surface area contributed by atoms with Crippen molar-refractivity contribution in [2.45, 2.75) is 0 Å². The molecule has 0 aromatic heterocycles. The molecule has 1 aliphatic heterocycles. The Morgan fingerprint density at radius 2 is 2.12 bits per heavy atom. The topological polar surface area (TPSA) is 49.4 Å². The van der Waals surface area contributed by atoms with Crippen LogP contribution in [0.15, 0.2) is 34.4 Å². The highest BCUT2D eigenvalue weighted by Crippen LogP contribution is 2.17. The summed E-state index contributed by atoms with van der Waals surface area (Å²) in [5.74, 6) is -0.368. The third kappa shape index (κ3) is 1.99. The summed E-state index contributed by atoms with van der Waals surface area (Å²) < 4.78 is 0.925. The zero-order chi connectivity index (χ0) is 11.7. The summed E-state index contributed by atoms with van der Waals surface area (Å²) in [4.78, 5) is 23.9. The monoisotopic (exact) mass is 280 g/mol. The number of likely N-dealkylation sites (N-methyl/N-ethyl adjacent to an activating group) is 1. The molecular weight excluding hydrogens is 272 g/mol. The van der Waals surface area contributed by atoms with Crippen molar-refractivity contribution in [2.75, 3.05) is 7.05 Å². The van der Waals surface area contributed by atoms with Crippen molar-refractivity contribution in [1.82, 2.24) is 10.2 Å². The maximum atomic E-state index is 11.4. The molecular formula is C11H9BrN2O2. The smallest absolute Gasteiger partial charge is 0.292 e. The van der Waals surface area contributed by atoms with Crippen molar-refractivity contribution in [2.24, 2.45) is 0 Å². The Bertz CT molecular complexity index is 497. The molecule has 0 spiro atoms. The average molecular weight is 281 g/mol.